The lowest BCUT2D eigenvalue weighted by atomic mass is 9.99. The van der Waals surface area contributed by atoms with Crippen molar-refractivity contribution in [1.29, 1.82) is 0 Å². The molecule has 0 aromatic heterocycles. The molecule has 5 heteroatoms. The van der Waals surface area contributed by atoms with Gasteiger partial charge in [-0.05, 0) is 41.8 Å². The Morgan fingerprint density at radius 3 is 2.48 bits per heavy atom. The number of halogens is 1. The van der Waals surface area contributed by atoms with E-state index in [1.54, 1.807) is 0 Å². The van der Waals surface area contributed by atoms with Gasteiger partial charge < -0.3 is 9.47 Å². The Morgan fingerprint density at radius 1 is 1.05 bits per heavy atom. The van der Waals surface area contributed by atoms with Crippen LogP contribution in [0.1, 0.15) is 17.2 Å². The third-order valence-electron chi connectivity index (χ3n) is 3.52. The molecule has 0 radical (unpaired) electrons. The summed E-state index contributed by atoms with van der Waals surface area (Å²) >= 11 is 3.44. The molecule has 3 N–H and O–H groups in total. The summed E-state index contributed by atoms with van der Waals surface area (Å²) in [6.07, 6.45) is 0.809. The highest BCUT2D eigenvalue weighted by Gasteiger charge is 2.16. The van der Waals surface area contributed by atoms with E-state index in [0.29, 0.717) is 13.2 Å². The smallest absolute Gasteiger partial charge is 0.161 e. The summed E-state index contributed by atoms with van der Waals surface area (Å²) in [6, 6.07) is 14.2. The minimum absolute atomic E-state index is 0.0296. The Hall–Kier alpha value is -1.56. The van der Waals surface area contributed by atoms with Crippen molar-refractivity contribution >= 4 is 15.9 Å². The molecular formula is C16H17BrN2O2. The largest absolute Gasteiger partial charge is 0.486 e. The fourth-order valence-electron chi connectivity index (χ4n) is 2.41. The summed E-state index contributed by atoms with van der Waals surface area (Å²) in [4.78, 5) is 0. The first kappa shape index (κ1) is 14.4. The van der Waals surface area contributed by atoms with E-state index in [9.17, 15) is 0 Å². The van der Waals surface area contributed by atoms with Gasteiger partial charge in [0.1, 0.15) is 13.2 Å². The summed E-state index contributed by atoms with van der Waals surface area (Å²) in [5.41, 5.74) is 5.19. The van der Waals surface area contributed by atoms with Gasteiger partial charge in [-0.3, -0.25) is 11.3 Å². The second kappa shape index (κ2) is 6.47. The number of rotatable bonds is 4. The van der Waals surface area contributed by atoms with E-state index in [4.69, 9.17) is 15.3 Å². The second-order valence-corrected chi connectivity index (χ2v) is 5.87. The van der Waals surface area contributed by atoms with Gasteiger partial charge in [-0.1, -0.05) is 34.1 Å². The van der Waals surface area contributed by atoms with Crippen LogP contribution in [0, 0.1) is 0 Å². The summed E-state index contributed by atoms with van der Waals surface area (Å²) in [5, 5.41) is 0. The first-order valence-corrected chi connectivity index (χ1v) is 7.65. The number of ether oxygens (including phenoxy) is 2. The molecule has 3 rings (SSSR count). The van der Waals surface area contributed by atoms with Crippen LogP contribution in [-0.2, 0) is 6.42 Å². The Balaban J connectivity index is 1.81. The topological polar surface area (TPSA) is 56.5 Å². The van der Waals surface area contributed by atoms with Crippen molar-refractivity contribution in [1.82, 2.24) is 5.43 Å². The van der Waals surface area contributed by atoms with E-state index in [1.807, 2.05) is 30.3 Å². The van der Waals surface area contributed by atoms with Crippen LogP contribution < -0.4 is 20.7 Å². The van der Waals surface area contributed by atoms with Crippen LogP contribution in [0.3, 0.4) is 0 Å². The van der Waals surface area contributed by atoms with Gasteiger partial charge in [0, 0.05) is 4.47 Å². The van der Waals surface area contributed by atoms with Crippen LogP contribution >= 0.6 is 15.9 Å². The van der Waals surface area contributed by atoms with E-state index >= 15 is 0 Å². The second-order valence-electron chi connectivity index (χ2n) is 4.95. The molecule has 1 aliphatic heterocycles. The first-order valence-electron chi connectivity index (χ1n) is 6.86. The minimum Gasteiger partial charge on any atom is -0.486 e. The van der Waals surface area contributed by atoms with E-state index in [0.717, 1.165) is 28.0 Å². The van der Waals surface area contributed by atoms with Gasteiger partial charge in [0.05, 0.1) is 6.04 Å². The zero-order chi connectivity index (χ0) is 14.7. The lowest BCUT2D eigenvalue weighted by Crippen LogP contribution is -2.29. The number of fused-ring (bicyclic) bond motifs is 1. The quantitative estimate of drug-likeness (QED) is 0.658. The van der Waals surface area contributed by atoms with Crippen molar-refractivity contribution in [3.8, 4) is 11.5 Å². The Morgan fingerprint density at radius 2 is 1.76 bits per heavy atom. The van der Waals surface area contributed by atoms with Crippen LogP contribution in [0.25, 0.3) is 0 Å². The molecule has 1 aliphatic rings. The van der Waals surface area contributed by atoms with Gasteiger partial charge in [-0.2, -0.15) is 0 Å². The molecule has 110 valence electrons. The third kappa shape index (κ3) is 3.37. The minimum atomic E-state index is 0.0296. The standard InChI is InChI=1S/C16H17BrN2O2/c17-13-4-1-11(2-5-13)9-14(19-18)12-3-6-15-16(10-12)21-8-7-20-15/h1-6,10,14,19H,7-9,18H2. The van der Waals surface area contributed by atoms with Crippen molar-refractivity contribution in [2.24, 2.45) is 5.84 Å². The first-order chi connectivity index (χ1) is 10.3. The predicted octanol–water partition coefficient (Wildman–Crippen LogP) is 2.97. The van der Waals surface area contributed by atoms with Crippen LogP contribution in [0.4, 0.5) is 0 Å². The number of benzene rings is 2. The molecule has 1 atom stereocenters. The normalized spacial score (nSPS) is 14.8. The molecule has 0 spiro atoms. The van der Waals surface area contributed by atoms with Crippen LogP contribution in [0.15, 0.2) is 46.9 Å². The Labute approximate surface area is 132 Å². The number of nitrogens with one attached hydrogen (secondary N) is 1. The number of hydrazine groups is 1. The summed E-state index contributed by atoms with van der Waals surface area (Å²) < 4.78 is 12.2. The molecule has 2 aromatic rings. The molecule has 1 heterocycles. The molecule has 0 bridgehead atoms. The number of hydrogen-bond acceptors (Lipinski definition) is 4. The highest BCUT2D eigenvalue weighted by molar-refractivity contribution is 9.10. The van der Waals surface area contributed by atoms with Crippen molar-refractivity contribution < 1.29 is 9.47 Å². The van der Waals surface area contributed by atoms with Crippen LogP contribution in [0.2, 0.25) is 0 Å². The summed E-state index contributed by atoms with van der Waals surface area (Å²) in [7, 11) is 0. The Bertz CT molecular complexity index is 616. The highest BCUT2D eigenvalue weighted by atomic mass is 79.9. The maximum atomic E-state index is 5.73. The van der Waals surface area contributed by atoms with Crippen LogP contribution in [-0.4, -0.2) is 13.2 Å². The third-order valence-corrected chi connectivity index (χ3v) is 4.05. The van der Waals surface area contributed by atoms with Gasteiger partial charge in [-0.25, -0.2) is 0 Å². The summed E-state index contributed by atoms with van der Waals surface area (Å²) in [5.74, 6) is 7.31. The lowest BCUT2D eigenvalue weighted by molar-refractivity contribution is 0.171. The molecule has 1 unspecified atom stereocenters. The zero-order valence-corrected chi connectivity index (χ0v) is 13.1. The fourth-order valence-corrected chi connectivity index (χ4v) is 2.67. The number of nitrogens with two attached hydrogens (primary N) is 1. The molecule has 21 heavy (non-hydrogen) atoms. The molecular weight excluding hydrogens is 332 g/mol. The van der Waals surface area contributed by atoms with Gasteiger partial charge >= 0.3 is 0 Å². The maximum absolute atomic E-state index is 5.73. The average molecular weight is 349 g/mol. The predicted molar refractivity (Wildman–Crippen MR) is 85.3 cm³/mol. The van der Waals surface area contributed by atoms with Crippen LogP contribution in [0.5, 0.6) is 11.5 Å². The highest BCUT2D eigenvalue weighted by Crippen LogP contribution is 2.33. The monoisotopic (exact) mass is 348 g/mol. The van der Waals surface area contributed by atoms with Crippen molar-refractivity contribution in [2.45, 2.75) is 12.5 Å². The molecule has 0 fully saturated rings. The molecule has 2 aromatic carbocycles. The maximum Gasteiger partial charge on any atom is 0.161 e. The van der Waals surface area contributed by atoms with E-state index < -0.39 is 0 Å². The molecule has 0 saturated carbocycles. The molecule has 0 aliphatic carbocycles. The zero-order valence-electron chi connectivity index (χ0n) is 11.5. The van der Waals surface area contributed by atoms with E-state index in [-0.39, 0.29) is 6.04 Å². The van der Waals surface area contributed by atoms with Gasteiger partial charge in [0.15, 0.2) is 11.5 Å². The lowest BCUT2D eigenvalue weighted by Gasteiger charge is -2.22. The Kier molecular flexibility index (Phi) is 4.43. The van der Waals surface area contributed by atoms with Crippen molar-refractivity contribution in [3.05, 3.63) is 58.1 Å². The van der Waals surface area contributed by atoms with Gasteiger partial charge in [0.25, 0.3) is 0 Å². The summed E-state index contributed by atoms with van der Waals surface area (Å²) in [6.45, 7) is 1.19. The van der Waals surface area contributed by atoms with Crippen molar-refractivity contribution in [2.75, 3.05) is 13.2 Å². The van der Waals surface area contributed by atoms with E-state index in [1.165, 1.54) is 5.56 Å². The van der Waals surface area contributed by atoms with E-state index in [2.05, 4.69) is 33.5 Å². The van der Waals surface area contributed by atoms with Gasteiger partial charge in [0.2, 0.25) is 0 Å². The average Bonchev–Trinajstić information content (AvgIpc) is 2.54. The number of hydrogen-bond donors (Lipinski definition) is 2. The molecule has 4 nitrogen and oxygen atoms in total. The van der Waals surface area contributed by atoms with Gasteiger partial charge in [-0.15, -0.1) is 0 Å². The molecule has 0 saturated heterocycles. The van der Waals surface area contributed by atoms with Crippen molar-refractivity contribution in [3.63, 3.8) is 0 Å². The SMILES string of the molecule is NNC(Cc1ccc(Br)cc1)c1ccc2c(c1)OCCO2. The molecule has 0 amide bonds. The fraction of sp³-hybridized carbons (Fsp3) is 0.250.